The minimum absolute atomic E-state index is 0.0616. The summed E-state index contributed by atoms with van der Waals surface area (Å²) in [6.07, 6.45) is 0. The highest BCUT2D eigenvalue weighted by Crippen LogP contribution is 2.25. The first-order chi connectivity index (χ1) is 14.5. The van der Waals surface area contributed by atoms with Crippen molar-refractivity contribution in [3.8, 4) is 0 Å². The topological polar surface area (TPSA) is 95.5 Å². The Morgan fingerprint density at radius 2 is 1.80 bits per heavy atom. The SMILES string of the molecule is CC(C(=O)NCc1ccccc1)N1CCN(S(=O)(=O)c2cccc3nsnc23)CC1. The van der Waals surface area contributed by atoms with Gasteiger partial charge in [-0.1, -0.05) is 36.4 Å². The highest BCUT2D eigenvalue weighted by atomic mass is 32.2. The van der Waals surface area contributed by atoms with Crippen LogP contribution in [0.5, 0.6) is 0 Å². The molecule has 2 heterocycles. The summed E-state index contributed by atoms with van der Waals surface area (Å²) in [4.78, 5) is 14.7. The first-order valence-corrected chi connectivity index (χ1v) is 11.9. The number of amides is 1. The molecule has 1 aliphatic heterocycles. The number of carbonyl (C=O) groups is 1. The van der Waals surface area contributed by atoms with Crippen molar-refractivity contribution in [2.75, 3.05) is 26.2 Å². The van der Waals surface area contributed by atoms with Gasteiger partial charge in [-0.25, -0.2) is 8.42 Å². The van der Waals surface area contributed by atoms with Gasteiger partial charge < -0.3 is 5.32 Å². The second-order valence-corrected chi connectivity index (χ2v) is 9.64. The van der Waals surface area contributed by atoms with E-state index in [0.717, 1.165) is 17.3 Å². The Balaban J connectivity index is 1.37. The van der Waals surface area contributed by atoms with E-state index < -0.39 is 10.0 Å². The molecule has 8 nitrogen and oxygen atoms in total. The highest BCUT2D eigenvalue weighted by Gasteiger charge is 2.33. The van der Waals surface area contributed by atoms with Gasteiger partial charge in [-0.15, -0.1) is 0 Å². The number of nitrogens with zero attached hydrogens (tertiary/aromatic N) is 4. The number of fused-ring (bicyclic) bond motifs is 1. The molecule has 4 rings (SSSR count). The second kappa shape index (κ2) is 8.76. The van der Waals surface area contributed by atoms with Crippen molar-refractivity contribution in [3.63, 3.8) is 0 Å². The summed E-state index contributed by atoms with van der Waals surface area (Å²) in [7, 11) is -3.66. The van der Waals surface area contributed by atoms with Crippen LogP contribution in [0.4, 0.5) is 0 Å². The molecule has 0 bridgehead atoms. The molecule has 1 atom stereocenters. The van der Waals surface area contributed by atoms with E-state index in [1.165, 1.54) is 4.31 Å². The summed E-state index contributed by atoms with van der Waals surface area (Å²) in [6.45, 7) is 3.96. The molecule has 2 aromatic carbocycles. The van der Waals surface area contributed by atoms with E-state index in [2.05, 4.69) is 14.1 Å². The molecule has 1 unspecified atom stereocenters. The summed E-state index contributed by atoms with van der Waals surface area (Å²) in [6, 6.07) is 14.4. The van der Waals surface area contributed by atoms with Crippen molar-refractivity contribution in [2.24, 2.45) is 0 Å². The number of sulfonamides is 1. The average molecular weight is 446 g/mol. The molecule has 0 saturated carbocycles. The van der Waals surface area contributed by atoms with Gasteiger partial charge in [0.2, 0.25) is 15.9 Å². The maximum atomic E-state index is 13.1. The third kappa shape index (κ3) is 4.22. The Hall–Kier alpha value is -2.40. The molecule has 158 valence electrons. The van der Waals surface area contributed by atoms with Crippen molar-refractivity contribution in [1.82, 2.24) is 23.3 Å². The Bertz CT molecular complexity index is 1130. The van der Waals surface area contributed by atoms with Gasteiger partial charge in [-0.05, 0) is 24.6 Å². The fourth-order valence-corrected chi connectivity index (χ4v) is 5.73. The van der Waals surface area contributed by atoms with E-state index in [1.54, 1.807) is 18.2 Å². The molecule has 10 heteroatoms. The van der Waals surface area contributed by atoms with Gasteiger partial charge in [-0.3, -0.25) is 9.69 Å². The van der Waals surface area contributed by atoms with Gasteiger partial charge in [-0.2, -0.15) is 13.1 Å². The molecular formula is C20H23N5O3S2. The van der Waals surface area contributed by atoms with Crippen LogP contribution in [0.3, 0.4) is 0 Å². The predicted molar refractivity (Wildman–Crippen MR) is 115 cm³/mol. The summed E-state index contributed by atoms with van der Waals surface area (Å²) < 4.78 is 36.0. The van der Waals surface area contributed by atoms with Crippen LogP contribution in [0.15, 0.2) is 53.4 Å². The molecule has 3 aromatic rings. The fraction of sp³-hybridized carbons (Fsp3) is 0.350. The maximum absolute atomic E-state index is 13.1. The molecule has 0 aliphatic carbocycles. The Kier molecular flexibility index (Phi) is 6.09. The molecule has 1 amide bonds. The van der Waals surface area contributed by atoms with E-state index in [-0.39, 0.29) is 16.8 Å². The van der Waals surface area contributed by atoms with Crippen LogP contribution >= 0.6 is 11.7 Å². The zero-order chi connectivity index (χ0) is 21.1. The quantitative estimate of drug-likeness (QED) is 0.621. The minimum Gasteiger partial charge on any atom is -0.351 e. The van der Waals surface area contributed by atoms with Crippen LogP contribution in [0.1, 0.15) is 12.5 Å². The van der Waals surface area contributed by atoms with Gasteiger partial charge in [0.25, 0.3) is 0 Å². The van der Waals surface area contributed by atoms with E-state index >= 15 is 0 Å². The summed E-state index contributed by atoms with van der Waals surface area (Å²) >= 11 is 1.00. The van der Waals surface area contributed by atoms with Crippen LogP contribution in [-0.2, 0) is 21.4 Å². The van der Waals surface area contributed by atoms with Crippen LogP contribution in [0.2, 0.25) is 0 Å². The largest absolute Gasteiger partial charge is 0.351 e. The van der Waals surface area contributed by atoms with E-state index in [9.17, 15) is 13.2 Å². The molecule has 1 aliphatic rings. The minimum atomic E-state index is -3.66. The number of hydrogen-bond donors (Lipinski definition) is 1. The van der Waals surface area contributed by atoms with Crippen molar-refractivity contribution < 1.29 is 13.2 Å². The molecule has 0 spiro atoms. The number of hydrogen-bond acceptors (Lipinski definition) is 7. The fourth-order valence-electron chi connectivity index (χ4n) is 3.56. The first kappa shape index (κ1) is 20.9. The van der Waals surface area contributed by atoms with Crippen molar-refractivity contribution in [3.05, 3.63) is 54.1 Å². The standard InChI is InChI=1S/C20H23N5O3S2/c1-15(20(26)21-14-16-6-3-2-4-7-16)24-10-12-25(13-11-24)30(27,28)18-9-5-8-17-19(18)23-29-22-17/h2-9,15H,10-14H2,1H3,(H,21,26). The zero-order valence-electron chi connectivity index (χ0n) is 16.6. The summed E-state index contributed by atoms with van der Waals surface area (Å²) in [5.74, 6) is -0.0616. The molecule has 1 aromatic heterocycles. The number of aromatic nitrogens is 2. The highest BCUT2D eigenvalue weighted by molar-refractivity contribution is 7.89. The summed E-state index contributed by atoms with van der Waals surface area (Å²) in [5, 5.41) is 2.95. The number of rotatable bonds is 6. The van der Waals surface area contributed by atoms with Crippen molar-refractivity contribution >= 4 is 38.7 Å². The summed E-state index contributed by atoms with van der Waals surface area (Å²) in [5.41, 5.74) is 2.04. The smallest absolute Gasteiger partial charge is 0.245 e. The van der Waals surface area contributed by atoms with Gasteiger partial charge in [0.05, 0.1) is 17.8 Å². The second-order valence-electron chi connectivity index (χ2n) is 7.21. The first-order valence-electron chi connectivity index (χ1n) is 9.74. The lowest BCUT2D eigenvalue weighted by molar-refractivity contribution is -0.126. The third-order valence-corrected chi connectivity index (χ3v) is 7.85. The van der Waals surface area contributed by atoms with Crippen molar-refractivity contribution in [2.45, 2.75) is 24.4 Å². The van der Waals surface area contributed by atoms with E-state index in [4.69, 9.17) is 0 Å². The lowest BCUT2D eigenvalue weighted by atomic mass is 10.2. The number of carbonyl (C=O) groups excluding carboxylic acids is 1. The predicted octanol–water partition coefficient (Wildman–Crippen LogP) is 1.70. The van der Waals surface area contributed by atoms with Crippen LogP contribution < -0.4 is 5.32 Å². The third-order valence-electron chi connectivity index (χ3n) is 5.38. The van der Waals surface area contributed by atoms with Crippen molar-refractivity contribution in [1.29, 1.82) is 0 Å². The number of benzene rings is 2. The Labute approximate surface area is 179 Å². The Morgan fingerprint density at radius 1 is 1.07 bits per heavy atom. The molecule has 1 N–H and O–H groups in total. The lowest BCUT2D eigenvalue weighted by Crippen LogP contribution is -2.54. The van der Waals surface area contributed by atoms with Gasteiger partial charge >= 0.3 is 0 Å². The zero-order valence-corrected chi connectivity index (χ0v) is 18.2. The van der Waals surface area contributed by atoms with Gasteiger partial charge in [0.15, 0.2) is 0 Å². The molecule has 1 fully saturated rings. The Morgan fingerprint density at radius 3 is 2.53 bits per heavy atom. The van der Waals surface area contributed by atoms with E-state index in [0.29, 0.717) is 43.8 Å². The number of piperazine rings is 1. The van der Waals surface area contributed by atoms with Crippen LogP contribution in [0.25, 0.3) is 11.0 Å². The molecule has 0 radical (unpaired) electrons. The van der Waals surface area contributed by atoms with Crippen LogP contribution in [0, 0.1) is 0 Å². The van der Waals surface area contributed by atoms with Crippen LogP contribution in [-0.4, -0.2) is 64.5 Å². The van der Waals surface area contributed by atoms with Gasteiger partial charge in [0, 0.05) is 32.7 Å². The molecule has 1 saturated heterocycles. The monoisotopic (exact) mass is 445 g/mol. The molecular weight excluding hydrogens is 422 g/mol. The van der Waals surface area contributed by atoms with E-state index in [1.807, 2.05) is 42.2 Å². The normalized spacial score (nSPS) is 17.1. The van der Waals surface area contributed by atoms with Gasteiger partial charge in [0.1, 0.15) is 15.9 Å². The average Bonchev–Trinajstić information content (AvgIpc) is 3.26. The lowest BCUT2D eigenvalue weighted by Gasteiger charge is -2.36. The maximum Gasteiger partial charge on any atom is 0.245 e. The number of nitrogens with one attached hydrogen (secondary N) is 1. The molecule has 30 heavy (non-hydrogen) atoms.